The normalized spacial score (nSPS) is 12.5. The van der Waals surface area contributed by atoms with Crippen LogP contribution >= 0.6 is 11.6 Å². The third-order valence-corrected chi connectivity index (χ3v) is 5.08. The molecule has 0 saturated heterocycles. The number of ether oxygens (including phenoxy) is 2. The van der Waals surface area contributed by atoms with Crippen LogP contribution in [-0.4, -0.2) is 36.9 Å². The summed E-state index contributed by atoms with van der Waals surface area (Å²) in [4.78, 5) is 38.4. The Labute approximate surface area is 164 Å². The lowest BCUT2D eigenvalue weighted by Gasteiger charge is -2.22. The number of carbonyl (C=O) groups excluding carboxylic acids is 3. The number of benzene rings is 3. The van der Waals surface area contributed by atoms with Crippen LogP contribution in [0.1, 0.15) is 42.2 Å². The molecule has 140 valence electrons. The first-order valence-electron chi connectivity index (χ1n) is 8.23. The van der Waals surface area contributed by atoms with Gasteiger partial charge in [-0.3, -0.25) is 9.59 Å². The molecular weight excluding hydrogens is 384 g/mol. The molecule has 0 spiro atoms. The molecule has 0 atom stereocenters. The molecule has 1 aliphatic rings. The quantitative estimate of drug-likeness (QED) is 0.519. The van der Waals surface area contributed by atoms with Gasteiger partial charge in [0.15, 0.2) is 5.78 Å². The minimum Gasteiger partial charge on any atom is -0.507 e. The van der Waals surface area contributed by atoms with Crippen molar-refractivity contribution in [1.82, 2.24) is 0 Å². The first-order chi connectivity index (χ1) is 13.4. The van der Waals surface area contributed by atoms with Crippen LogP contribution in [0.2, 0.25) is 5.02 Å². The molecule has 1 N–H and O–H groups in total. The zero-order chi connectivity index (χ0) is 20.2. The molecule has 0 aromatic heterocycles. The minimum absolute atomic E-state index is 0.00581. The van der Waals surface area contributed by atoms with E-state index in [1.807, 2.05) is 0 Å². The predicted octanol–water partition coefficient (Wildman–Crippen LogP) is 3.77. The lowest BCUT2D eigenvalue weighted by atomic mass is 9.80. The van der Waals surface area contributed by atoms with E-state index < -0.39 is 17.5 Å². The average Bonchev–Trinajstić information content (AvgIpc) is 2.69. The Morgan fingerprint density at radius 2 is 1.71 bits per heavy atom. The molecule has 0 aliphatic heterocycles. The molecule has 4 rings (SSSR count). The summed E-state index contributed by atoms with van der Waals surface area (Å²) in [6.45, 7) is 0. The predicted molar refractivity (Wildman–Crippen MR) is 102 cm³/mol. The van der Waals surface area contributed by atoms with Crippen molar-refractivity contribution >= 4 is 39.9 Å². The number of halogens is 1. The summed E-state index contributed by atoms with van der Waals surface area (Å²) in [6, 6.07) is 8.87. The van der Waals surface area contributed by atoms with E-state index in [0.717, 1.165) is 0 Å². The SMILES string of the molecule is COC(=O)c1ccc2cc(O)c3c(c2c1)C(=O)c1ccc(Cl)c(OC)c1C3=O. The Kier molecular flexibility index (Phi) is 4.08. The molecule has 3 aromatic carbocycles. The van der Waals surface area contributed by atoms with Crippen LogP contribution in [0.4, 0.5) is 0 Å². The summed E-state index contributed by atoms with van der Waals surface area (Å²) in [5.74, 6) is -1.88. The van der Waals surface area contributed by atoms with Crippen molar-refractivity contribution in [3.05, 3.63) is 69.2 Å². The summed E-state index contributed by atoms with van der Waals surface area (Å²) in [6.07, 6.45) is 0. The van der Waals surface area contributed by atoms with Crippen molar-refractivity contribution in [2.24, 2.45) is 0 Å². The standard InChI is InChI=1S/C21H13ClO6/c1-27-20-13(22)6-5-11-16(20)19(25)17-14(23)8-9-3-4-10(21(26)28-2)7-12(9)15(17)18(11)24/h3-8,23H,1-2H3. The van der Waals surface area contributed by atoms with Gasteiger partial charge in [0, 0.05) is 11.1 Å². The third-order valence-electron chi connectivity index (χ3n) is 4.78. The van der Waals surface area contributed by atoms with Gasteiger partial charge in [0.2, 0.25) is 5.78 Å². The molecule has 0 fully saturated rings. The maximum Gasteiger partial charge on any atom is 0.337 e. The molecule has 3 aromatic rings. The van der Waals surface area contributed by atoms with E-state index in [1.165, 1.54) is 44.6 Å². The molecule has 0 bridgehead atoms. The molecule has 1 aliphatic carbocycles. The van der Waals surface area contributed by atoms with Crippen LogP contribution in [0.15, 0.2) is 36.4 Å². The fourth-order valence-electron chi connectivity index (χ4n) is 3.52. The van der Waals surface area contributed by atoms with Gasteiger partial charge in [0.25, 0.3) is 0 Å². The number of carbonyl (C=O) groups is 3. The third kappa shape index (κ3) is 2.38. The number of phenolic OH excluding ortho intramolecular Hbond substituents is 1. The van der Waals surface area contributed by atoms with Crippen LogP contribution in [0.5, 0.6) is 11.5 Å². The molecule has 7 heteroatoms. The maximum absolute atomic E-state index is 13.3. The highest BCUT2D eigenvalue weighted by Crippen LogP contribution is 2.42. The first-order valence-corrected chi connectivity index (χ1v) is 8.60. The fraction of sp³-hybridized carbons (Fsp3) is 0.0952. The zero-order valence-electron chi connectivity index (χ0n) is 14.8. The second kappa shape index (κ2) is 6.35. The van der Waals surface area contributed by atoms with Crippen molar-refractivity contribution in [2.75, 3.05) is 14.2 Å². The number of hydrogen-bond donors (Lipinski definition) is 1. The molecule has 0 heterocycles. The topological polar surface area (TPSA) is 89.9 Å². The van der Waals surface area contributed by atoms with E-state index in [9.17, 15) is 19.5 Å². The molecule has 0 radical (unpaired) electrons. The Bertz CT molecular complexity index is 1210. The van der Waals surface area contributed by atoms with E-state index >= 15 is 0 Å². The van der Waals surface area contributed by atoms with Crippen molar-refractivity contribution < 1.29 is 29.0 Å². The summed E-state index contributed by atoms with van der Waals surface area (Å²) in [5.41, 5.74) is 0.234. The highest BCUT2D eigenvalue weighted by molar-refractivity contribution is 6.37. The number of rotatable bonds is 2. The van der Waals surface area contributed by atoms with Crippen molar-refractivity contribution in [3.8, 4) is 11.5 Å². The van der Waals surface area contributed by atoms with Crippen LogP contribution in [0.3, 0.4) is 0 Å². The number of hydrogen-bond acceptors (Lipinski definition) is 6. The van der Waals surface area contributed by atoms with Gasteiger partial charge < -0.3 is 14.6 Å². The van der Waals surface area contributed by atoms with Gasteiger partial charge in [0.1, 0.15) is 11.5 Å². The fourth-order valence-corrected chi connectivity index (χ4v) is 3.76. The van der Waals surface area contributed by atoms with E-state index in [4.69, 9.17) is 21.1 Å². The van der Waals surface area contributed by atoms with E-state index in [0.29, 0.717) is 10.8 Å². The average molecular weight is 397 g/mol. The Balaban J connectivity index is 2.09. The summed E-state index contributed by atoms with van der Waals surface area (Å²) in [5, 5.41) is 11.5. The molecular formula is C21H13ClO6. The van der Waals surface area contributed by atoms with Crippen LogP contribution in [0.25, 0.3) is 10.8 Å². The number of phenols is 1. The van der Waals surface area contributed by atoms with Gasteiger partial charge in [-0.1, -0.05) is 17.7 Å². The molecule has 28 heavy (non-hydrogen) atoms. The van der Waals surface area contributed by atoms with E-state index in [2.05, 4.69) is 0 Å². The van der Waals surface area contributed by atoms with Gasteiger partial charge in [-0.05, 0) is 41.1 Å². The summed E-state index contributed by atoms with van der Waals surface area (Å²) in [7, 11) is 2.59. The van der Waals surface area contributed by atoms with E-state index in [-0.39, 0.29) is 44.3 Å². The number of esters is 1. The summed E-state index contributed by atoms with van der Waals surface area (Å²) >= 11 is 6.11. The summed E-state index contributed by atoms with van der Waals surface area (Å²) < 4.78 is 9.95. The van der Waals surface area contributed by atoms with Crippen LogP contribution in [-0.2, 0) is 4.74 Å². The van der Waals surface area contributed by atoms with Gasteiger partial charge >= 0.3 is 5.97 Å². The highest BCUT2D eigenvalue weighted by Gasteiger charge is 2.37. The Hall–Kier alpha value is -3.38. The highest BCUT2D eigenvalue weighted by atomic mass is 35.5. The van der Waals surface area contributed by atoms with Gasteiger partial charge in [-0.2, -0.15) is 0 Å². The first kappa shape index (κ1) is 18.0. The van der Waals surface area contributed by atoms with Crippen molar-refractivity contribution in [2.45, 2.75) is 0 Å². The second-order valence-electron chi connectivity index (χ2n) is 6.23. The maximum atomic E-state index is 13.3. The lowest BCUT2D eigenvalue weighted by molar-refractivity contribution is 0.0600. The van der Waals surface area contributed by atoms with Crippen molar-refractivity contribution in [1.29, 1.82) is 0 Å². The lowest BCUT2D eigenvalue weighted by Crippen LogP contribution is -2.22. The zero-order valence-corrected chi connectivity index (χ0v) is 15.6. The van der Waals surface area contributed by atoms with Crippen molar-refractivity contribution in [3.63, 3.8) is 0 Å². The molecule has 0 saturated carbocycles. The second-order valence-corrected chi connectivity index (χ2v) is 6.64. The number of fused-ring (bicyclic) bond motifs is 4. The van der Waals surface area contributed by atoms with Crippen LogP contribution < -0.4 is 4.74 Å². The van der Waals surface area contributed by atoms with Gasteiger partial charge in [-0.25, -0.2) is 4.79 Å². The number of ketones is 2. The van der Waals surface area contributed by atoms with Gasteiger partial charge in [-0.15, -0.1) is 0 Å². The molecule has 6 nitrogen and oxygen atoms in total. The molecule has 0 unspecified atom stereocenters. The Morgan fingerprint density at radius 1 is 0.964 bits per heavy atom. The number of aromatic hydroxyl groups is 1. The minimum atomic E-state index is -0.577. The van der Waals surface area contributed by atoms with Crippen LogP contribution in [0, 0.1) is 0 Å². The number of methoxy groups -OCH3 is 2. The van der Waals surface area contributed by atoms with E-state index in [1.54, 1.807) is 6.07 Å². The monoisotopic (exact) mass is 396 g/mol. The molecule has 0 amide bonds. The van der Waals surface area contributed by atoms with Gasteiger partial charge in [0.05, 0.1) is 35.9 Å². The largest absolute Gasteiger partial charge is 0.507 e. The smallest absolute Gasteiger partial charge is 0.337 e. The Morgan fingerprint density at radius 3 is 2.39 bits per heavy atom.